The Kier molecular flexibility index (Phi) is 9.56. The van der Waals surface area contributed by atoms with Gasteiger partial charge in [-0.1, -0.05) is 35.3 Å². The van der Waals surface area contributed by atoms with Gasteiger partial charge < -0.3 is 20.1 Å². The van der Waals surface area contributed by atoms with Gasteiger partial charge in [0.05, 0.1) is 11.6 Å². The number of amides is 2. The predicted octanol–water partition coefficient (Wildman–Crippen LogP) is 6.57. The van der Waals surface area contributed by atoms with E-state index in [1.165, 1.54) is 12.1 Å². The van der Waals surface area contributed by atoms with Gasteiger partial charge in [-0.25, -0.2) is 0 Å². The summed E-state index contributed by atoms with van der Waals surface area (Å²) in [5, 5.41) is 15.8. The molecule has 0 saturated heterocycles. The van der Waals surface area contributed by atoms with Crippen molar-refractivity contribution in [2.75, 3.05) is 23.8 Å². The second kappa shape index (κ2) is 12.8. The smallest absolute Gasteiger partial charge is 0.266 e. The number of carbonyl (C=O) groups is 2. The van der Waals surface area contributed by atoms with E-state index < -0.39 is 11.8 Å². The molecule has 0 radical (unpaired) electrons. The summed E-state index contributed by atoms with van der Waals surface area (Å²) in [6.07, 6.45) is 1.41. The summed E-state index contributed by atoms with van der Waals surface area (Å²) in [6.45, 7) is 5.59. The molecule has 0 atom stereocenters. The second-order valence-corrected chi connectivity index (χ2v) is 8.82. The molecule has 2 N–H and O–H groups in total. The molecule has 3 rings (SSSR count). The molecular formula is C28H25Cl2N3O4. The number of nitrogens with zero attached hydrogens (tertiary/aromatic N) is 1. The molecule has 190 valence electrons. The van der Waals surface area contributed by atoms with Crippen LogP contribution >= 0.6 is 23.2 Å². The first-order valence-electron chi connectivity index (χ1n) is 11.4. The lowest BCUT2D eigenvalue weighted by Crippen LogP contribution is -2.20. The monoisotopic (exact) mass is 537 g/mol. The number of rotatable bonds is 9. The highest BCUT2D eigenvalue weighted by molar-refractivity contribution is 6.32. The summed E-state index contributed by atoms with van der Waals surface area (Å²) in [4.78, 5) is 25.1. The molecule has 2 amide bonds. The Morgan fingerprint density at radius 2 is 1.76 bits per heavy atom. The molecule has 0 spiro atoms. The molecule has 0 aliphatic heterocycles. The maximum absolute atomic E-state index is 12.8. The van der Waals surface area contributed by atoms with Gasteiger partial charge in [-0.05, 0) is 86.0 Å². The summed E-state index contributed by atoms with van der Waals surface area (Å²) in [5.74, 6) is -0.512. The maximum Gasteiger partial charge on any atom is 0.266 e. The van der Waals surface area contributed by atoms with Crippen molar-refractivity contribution in [2.24, 2.45) is 0 Å². The van der Waals surface area contributed by atoms with Gasteiger partial charge >= 0.3 is 0 Å². The molecule has 0 saturated carbocycles. The molecular weight excluding hydrogens is 513 g/mol. The van der Waals surface area contributed by atoms with E-state index in [0.29, 0.717) is 28.6 Å². The van der Waals surface area contributed by atoms with E-state index in [9.17, 15) is 14.9 Å². The van der Waals surface area contributed by atoms with Crippen LogP contribution in [0.5, 0.6) is 11.5 Å². The largest absolute Gasteiger partial charge is 0.490 e. The van der Waals surface area contributed by atoms with E-state index in [-0.39, 0.29) is 28.7 Å². The van der Waals surface area contributed by atoms with Crippen molar-refractivity contribution in [3.8, 4) is 17.6 Å². The Hall–Kier alpha value is -3.99. The standard InChI is InChI=1S/C28H25Cl2N3O4/c1-4-36-25-14-19(12-20(15-31)28(35)33-24-7-5-6-17(2)18(24)3)13-23(30)27(25)37-16-26(34)32-22-10-8-21(29)9-11-22/h5-14H,4,16H2,1-3H3,(H,32,34)(H,33,35)/b20-12+. The van der Waals surface area contributed by atoms with Crippen molar-refractivity contribution < 1.29 is 19.1 Å². The lowest BCUT2D eigenvalue weighted by molar-refractivity contribution is -0.118. The van der Waals surface area contributed by atoms with Crippen LogP contribution in [0.25, 0.3) is 6.08 Å². The van der Waals surface area contributed by atoms with Crippen LogP contribution in [0.1, 0.15) is 23.6 Å². The molecule has 0 fully saturated rings. The third-order valence-electron chi connectivity index (χ3n) is 5.34. The molecule has 0 heterocycles. The van der Waals surface area contributed by atoms with E-state index in [2.05, 4.69) is 10.6 Å². The zero-order valence-electron chi connectivity index (χ0n) is 20.5. The lowest BCUT2D eigenvalue weighted by atomic mass is 10.1. The van der Waals surface area contributed by atoms with Crippen LogP contribution in [0.4, 0.5) is 11.4 Å². The molecule has 0 unspecified atom stereocenters. The zero-order chi connectivity index (χ0) is 26.9. The summed E-state index contributed by atoms with van der Waals surface area (Å²) in [6, 6.07) is 17.2. The minimum atomic E-state index is -0.551. The fourth-order valence-corrected chi connectivity index (χ4v) is 3.73. The maximum atomic E-state index is 12.8. The fourth-order valence-electron chi connectivity index (χ4n) is 3.33. The number of nitriles is 1. The number of halogens is 2. The molecule has 3 aromatic rings. The van der Waals surface area contributed by atoms with Gasteiger partial charge in [-0.3, -0.25) is 9.59 Å². The molecule has 9 heteroatoms. The Labute approximate surface area is 225 Å². The average molecular weight is 538 g/mol. The van der Waals surface area contributed by atoms with Gasteiger partial charge in [0.1, 0.15) is 11.6 Å². The molecule has 0 aromatic heterocycles. The van der Waals surface area contributed by atoms with Gasteiger partial charge in [0.15, 0.2) is 18.1 Å². The Balaban J connectivity index is 1.78. The summed E-state index contributed by atoms with van der Waals surface area (Å²) >= 11 is 12.3. The molecule has 0 bridgehead atoms. The number of anilines is 2. The minimum absolute atomic E-state index is 0.115. The number of benzene rings is 3. The average Bonchev–Trinajstić information content (AvgIpc) is 2.86. The van der Waals surface area contributed by atoms with Gasteiger partial charge in [-0.15, -0.1) is 0 Å². The Morgan fingerprint density at radius 3 is 2.43 bits per heavy atom. The molecule has 37 heavy (non-hydrogen) atoms. The SMILES string of the molecule is CCOc1cc(/C=C(\C#N)C(=O)Nc2cccc(C)c2C)cc(Cl)c1OCC(=O)Nc1ccc(Cl)cc1. The van der Waals surface area contributed by atoms with Crippen LogP contribution in [-0.4, -0.2) is 25.0 Å². The highest BCUT2D eigenvalue weighted by atomic mass is 35.5. The third kappa shape index (κ3) is 7.50. The van der Waals surface area contributed by atoms with E-state index in [4.69, 9.17) is 32.7 Å². The van der Waals surface area contributed by atoms with Crippen LogP contribution < -0.4 is 20.1 Å². The Bertz CT molecular complexity index is 1380. The second-order valence-electron chi connectivity index (χ2n) is 7.98. The fraction of sp³-hybridized carbons (Fsp3) is 0.179. The van der Waals surface area contributed by atoms with Crippen LogP contribution in [0.15, 0.2) is 60.2 Å². The number of hydrogen-bond donors (Lipinski definition) is 2. The van der Waals surface area contributed by atoms with Crippen molar-refractivity contribution in [3.05, 3.63) is 86.9 Å². The van der Waals surface area contributed by atoms with Gasteiger partial charge in [0.25, 0.3) is 11.8 Å². The number of carbonyl (C=O) groups excluding carboxylic acids is 2. The summed E-state index contributed by atoms with van der Waals surface area (Å²) in [7, 11) is 0. The van der Waals surface area contributed by atoms with Crippen molar-refractivity contribution in [1.82, 2.24) is 0 Å². The third-order valence-corrected chi connectivity index (χ3v) is 5.87. The lowest BCUT2D eigenvalue weighted by Gasteiger charge is -2.15. The first kappa shape index (κ1) is 27.6. The van der Waals surface area contributed by atoms with Gasteiger partial charge in [-0.2, -0.15) is 5.26 Å². The number of aryl methyl sites for hydroxylation is 1. The molecule has 0 aliphatic rings. The van der Waals surface area contributed by atoms with Crippen LogP contribution in [0.3, 0.4) is 0 Å². The predicted molar refractivity (Wildman–Crippen MR) is 146 cm³/mol. The van der Waals surface area contributed by atoms with Crippen molar-refractivity contribution in [2.45, 2.75) is 20.8 Å². The van der Waals surface area contributed by atoms with E-state index >= 15 is 0 Å². The summed E-state index contributed by atoms with van der Waals surface area (Å²) in [5.41, 5.74) is 3.47. The van der Waals surface area contributed by atoms with E-state index in [1.807, 2.05) is 32.0 Å². The van der Waals surface area contributed by atoms with Gasteiger partial charge in [0, 0.05) is 16.4 Å². The first-order chi connectivity index (χ1) is 17.7. The van der Waals surface area contributed by atoms with Crippen molar-refractivity contribution in [3.63, 3.8) is 0 Å². The van der Waals surface area contributed by atoms with Crippen LogP contribution in [0.2, 0.25) is 10.0 Å². The normalized spacial score (nSPS) is 10.9. The van der Waals surface area contributed by atoms with E-state index in [0.717, 1.165) is 11.1 Å². The van der Waals surface area contributed by atoms with Crippen LogP contribution in [-0.2, 0) is 9.59 Å². The highest BCUT2D eigenvalue weighted by Crippen LogP contribution is 2.37. The van der Waals surface area contributed by atoms with Gasteiger partial charge in [0.2, 0.25) is 0 Å². The minimum Gasteiger partial charge on any atom is -0.490 e. The highest BCUT2D eigenvalue weighted by Gasteiger charge is 2.16. The topological polar surface area (TPSA) is 100 Å². The van der Waals surface area contributed by atoms with Crippen molar-refractivity contribution >= 4 is 52.5 Å². The molecule has 3 aromatic carbocycles. The number of nitrogens with one attached hydrogen (secondary N) is 2. The van der Waals surface area contributed by atoms with Crippen LogP contribution in [0, 0.1) is 25.2 Å². The molecule has 0 aliphatic carbocycles. The van der Waals surface area contributed by atoms with Crippen molar-refractivity contribution in [1.29, 1.82) is 5.26 Å². The first-order valence-corrected chi connectivity index (χ1v) is 12.1. The van der Waals surface area contributed by atoms with E-state index in [1.54, 1.807) is 43.3 Å². The molecule has 7 nitrogen and oxygen atoms in total. The number of ether oxygens (including phenoxy) is 2. The summed E-state index contributed by atoms with van der Waals surface area (Å²) < 4.78 is 11.3. The Morgan fingerprint density at radius 1 is 1.03 bits per heavy atom. The quantitative estimate of drug-likeness (QED) is 0.237. The zero-order valence-corrected chi connectivity index (χ0v) is 22.0. The number of hydrogen-bond acceptors (Lipinski definition) is 5.